The van der Waals surface area contributed by atoms with Crippen LogP contribution in [0.1, 0.15) is 25.5 Å². The molecule has 0 bridgehead atoms. The molecule has 0 saturated carbocycles. The van der Waals surface area contributed by atoms with Gasteiger partial charge in [-0.25, -0.2) is 0 Å². The van der Waals surface area contributed by atoms with Gasteiger partial charge in [0.05, 0.1) is 10.0 Å². The van der Waals surface area contributed by atoms with E-state index in [0.29, 0.717) is 10.0 Å². The van der Waals surface area contributed by atoms with E-state index in [9.17, 15) is 0 Å². The zero-order valence-electron chi connectivity index (χ0n) is 10.6. The van der Waals surface area contributed by atoms with Gasteiger partial charge in [0, 0.05) is 19.1 Å². The summed E-state index contributed by atoms with van der Waals surface area (Å²) in [6, 6.07) is 5.96. The molecule has 1 aromatic rings. The largest absolute Gasteiger partial charge is 0.309 e. The third-order valence-corrected chi connectivity index (χ3v) is 3.77. The second-order valence-corrected chi connectivity index (χ2v) is 5.00. The van der Waals surface area contributed by atoms with Crippen LogP contribution in [0.3, 0.4) is 0 Å². The molecule has 0 aromatic heterocycles. The molecule has 0 fully saturated rings. The van der Waals surface area contributed by atoms with Gasteiger partial charge < -0.3 is 10.2 Å². The van der Waals surface area contributed by atoms with E-state index in [1.807, 2.05) is 18.2 Å². The zero-order chi connectivity index (χ0) is 12.8. The highest BCUT2D eigenvalue weighted by Crippen LogP contribution is 2.29. The fourth-order valence-corrected chi connectivity index (χ4v) is 2.07. The first kappa shape index (κ1) is 14.8. The number of hydrogen-bond donors (Lipinski definition) is 1. The highest BCUT2D eigenvalue weighted by molar-refractivity contribution is 6.42. The van der Waals surface area contributed by atoms with Crippen LogP contribution < -0.4 is 5.32 Å². The molecule has 0 aliphatic rings. The highest BCUT2D eigenvalue weighted by Gasteiger charge is 2.11. The van der Waals surface area contributed by atoms with Gasteiger partial charge in [0.1, 0.15) is 0 Å². The summed E-state index contributed by atoms with van der Waals surface area (Å²) < 4.78 is 0. The van der Waals surface area contributed by atoms with Gasteiger partial charge >= 0.3 is 0 Å². The van der Waals surface area contributed by atoms with Crippen LogP contribution in [0, 0.1) is 0 Å². The summed E-state index contributed by atoms with van der Waals surface area (Å²) in [4.78, 5) is 2.26. The Morgan fingerprint density at radius 2 is 2.06 bits per heavy atom. The lowest BCUT2D eigenvalue weighted by molar-refractivity contribution is 0.342. The number of likely N-dealkylation sites (N-methyl/N-ethyl adjacent to an activating group) is 1. The molecule has 4 heteroatoms. The summed E-state index contributed by atoms with van der Waals surface area (Å²) in [7, 11) is 2.11. The molecule has 0 saturated heterocycles. The molecular weight excluding hydrogens is 255 g/mol. The van der Waals surface area contributed by atoms with E-state index < -0.39 is 0 Å². The Kier molecular flexibility index (Phi) is 6.28. The van der Waals surface area contributed by atoms with Crippen molar-refractivity contribution in [1.29, 1.82) is 0 Å². The Hall–Kier alpha value is -0.280. The minimum atomic E-state index is 0.214. The van der Waals surface area contributed by atoms with E-state index in [1.54, 1.807) is 0 Å². The van der Waals surface area contributed by atoms with Crippen LogP contribution in [-0.4, -0.2) is 31.6 Å². The van der Waals surface area contributed by atoms with E-state index in [-0.39, 0.29) is 6.04 Å². The lowest BCUT2D eigenvalue weighted by Crippen LogP contribution is -2.30. The first-order chi connectivity index (χ1) is 8.06. The van der Waals surface area contributed by atoms with Gasteiger partial charge in [0.25, 0.3) is 0 Å². The van der Waals surface area contributed by atoms with Crippen molar-refractivity contribution in [3.05, 3.63) is 33.8 Å². The van der Waals surface area contributed by atoms with Crippen LogP contribution in [-0.2, 0) is 0 Å². The topological polar surface area (TPSA) is 15.3 Å². The maximum absolute atomic E-state index is 6.17. The second-order valence-electron chi connectivity index (χ2n) is 4.21. The SMILES string of the molecule is CCN(C)CCNC(C)c1cccc(Cl)c1Cl. The van der Waals surface area contributed by atoms with Gasteiger partial charge in [-0.05, 0) is 32.1 Å². The van der Waals surface area contributed by atoms with Crippen molar-refractivity contribution in [2.45, 2.75) is 19.9 Å². The van der Waals surface area contributed by atoms with E-state index in [4.69, 9.17) is 23.2 Å². The Morgan fingerprint density at radius 1 is 1.35 bits per heavy atom. The summed E-state index contributed by atoms with van der Waals surface area (Å²) in [6.45, 7) is 7.28. The van der Waals surface area contributed by atoms with Crippen LogP contribution >= 0.6 is 23.2 Å². The molecule has 0 aliphatic carbocycles. The molecule has 1 atom stereocenters. The molecule has 1 unspecified atom stereocenters. The predicted molar refractivity (Wildman–Crippen MR) is 76.1 cm³/mol. The lowest BCUT2D eigenvalue weighted by Gasteiger charge is -2.19. The Morgan fingerprint density at radius 3 is 2.71 bits per heavy atom. The number of benzene rings is 1. The molecule has 17 heavy (non-hydrogen) atoms. The second kappa shape index (κ2) is 7.22. The van der Waals surface area contributed by atoms with Crippen molar-refractivity contribution < 1.29 is 0 Å². The highest BCUT2D eigenvalue weighted by atomic mass is 35.5. The van der Waals surface area contributed by atoms with Crippen molar-refractivity contribution in [2.75, 3.05) is 26.7 Å². The summed E-state index contributed by atoms with van der Waals surface area (Å²) >= 11 is 12.2. The Labute approximate surface area is 114 Å². The molecule has 0 aliphatic heterocycles. The molecule has 0 spiro atoms. The third kappa shape index (κ3) is 4.47. The van der Waals surface area contributed by atoms with Crippen molar-refractivity contribution >= 4 is 23.2 Å². The van der Waals surface area contributed by atoms with Gasteiger partial charge in [-0.3, -0.25) is 0 Å². The van der Waals surface area contributed by atoms with Crippen LogP contribution in [0.2, 0.25) is 10.0 Å². The van der Waals surface area contributed by atoms with Gasteiger partial charge in [-0.15, -0.1) is 0 Å². The van der Waals surface area contributed by atoms with Crippen LogP contribution in [0.25, 0.3) is 0 Å². The first-order valence-electron chi connectivity index (χ1n) is 5.92. The van der Waals surface area contributed by atoms with Gasteiger partial charge in [0.2, 0.25) is 0 Å². The zero-order valence-corrected chi connectivity index (χ0v) is 12.1. The number of nitrogens with one attached hydrogen (secondary N) is 1. The maximum Gasteiger partial charge on any atom is 0.0639 e. The third-order valence-electron chi connectivity index (χ3n) is 2.93. The summed E-state index contributed by atoms with van der Waals surface area (Å²) in [5, 5.41) is 4.71. The van der Waals surface area contributed by atoms with Crippen LogP contribution in [0.15, 0.2) is 18.2 Å². The first-order valence-corrected chi connectivity index (χ1v) is 6.67. The van der Waals surface area contributed by atoms with E-state index in [0.717, 1.165) is 25.2 Å². The van der Waals surface area contributed by atoms with Gasteiger partial charge in [0.15, 0.2) is 0 Å². The quantitative estimate of drug-likeness (QED) is 0.853. The standard InChI is InChI=1S/C13H20Cl2N2/c1-4-17(3)9-8-16-10(2)11-6-5-7-12(14)13(11)15/h5-7,10,16H,4,8-9H2,1-3H3. The number of rotatable bonds is 6. The van der Waals surface area contributed by atoms with Crippen LogP contribution in [0.5, 0.6) is 0 Å². The molecule has 1 aromatic carbocycles. The fraction of sp³-hybridized carbons (Fsp3) is 0.538. The molecule has 0 heterocycles. The lowest BCUT2D eigenvalue weighted by atomic mass is 10.1. The monoisotopic (exact) mass is 274 g/mol. The van der Waals surface area contributed by atoms with Crippen molar-refractivity contribution in [3.8, 4) is 0 Å². The summed E-state index contributed by atoms with van der Waals surface area (Å²) in [5.74, 6) is 0. The molecule has 2 nitrogen and oxygen atoms in total. The minimum Gasteiger partial charge on any atom is -0.309 e. The van der Waals surface area contributed by atoms with E-state index >= 15 is 0 Å². The predicted octanol–water partition coefficient (Wildman–Crippen LogP) is 3.60. The summed E-state index contributed by atoms with van der Waals surface area (Å²) in [5.41, 5.74) is 1.05. The maximum atomic E-state index is 6.17. The van der Waals surface area contributed by atoms with Crippen molar-refractivity contribution in [2.24, 2.45) is 0 Å². The van der Waals surface area contributed by atoms with E-state index in [1.165, 1.54) is 0 Å². The molecule has 1 rings (SSSR count). The molecule has 0 radical (unpaired) electrons. The molecular formula is C13H20Cl2N2. The Balaban J connectivity index is 2.52. The van der Waals surface area contributed by atoms with Crippen molar-refractivity contribution in [1.82, 2.24) is 10.2 Å². The van der Waals surface area contributed by atoms with Gasteiger partial charge in [-0.1, -0.05) is 42.3 Å². The number of hydrogen-bond acceptors (Lipinski definition) is 2. The summed E-state index contributed by atoms with van der Waals surface area (Å²) in [6.07, 6.45) is 0. The molecule has 1 N–H and O–H groups in total. The molecule has 96 valence electrons. The van der Waals surface area contributed by atoms with E-state index in [2.05, 4.69) is 31.1 Å². The molecule has 0 amide bonds. The smallest absolute Gasteiger partial charge is 0.0639 e. The number of halogens is 2. The number of nitrogens with zero attached hydrogens (tertiary/aromatic N) is 1. The normalized spacial score (nSPS) is 13.1. The van der Waals surface area contributed by atoms with Crippen molar-refractivity contribution in [3.63, 3.8) is 0 Å². The Bertz CT molecular complexity index is 355. The minimum absolute atomic E-state index is 0.214. The average molecular weight is 275 g/mol. The van der Waals surface area contributed by atoms with Gasteiger partial charge in [-0.2, -0.15) is 0 Å². The fourth-order valence-electron chi connectivity index (χ4n) is 1.59. The van der Waals surface area contributed by atoms with Crippen LogP contribution in [0.4, 0.5) is 0 Å². The average Bonchev–Trinajstić information content (AvgIpc) is 2.32.